The fourth-order valence-electron chi connectivity index (χ4n) is 3.74. The van der Waals surface area contributed by atoms with E-state index in [0.717, 1.165) is 40.7 Å². The fourth-order valence-corrected chi connectivity index (χ4v) is 4.17. The minimum absolute atomic E-state index is 0.217. The van der Waals surface area contributed by atoms with Crippen LogP contribution in [0.25, 0.3) is 5.69 Å². The number of anilines is 1. The first kappa shape index (κ1) is 17.3. The summed E-state index contributed by atoms with van der Waals surface area (Å²) in [5, 5.41) is 7.62. The van der Waals surface area contributed by atoms with Gasteiger partial charge >= 0.3 is 0 Å². The van der Waals surface area contributed by atoms with Gasteiger partial charge < -0.3 is 14.8 Å². The Labute approximate surface area is 170 Å². The zero-order chi connectivity index (χ0) is 19.1. The molecule has 142 valence electrons. The van der Waals surface area contributed by atoms with Gasteiger partial charge in [0.2, 0.25) is 0 Å². The molecule has 6 nitrogen and oxygen atoms in total. The van der Waals surface area contributed by atoms with E-state index in [0.29, 0.717) is 36.1 Å². The van der Waals surface area contributed by atoms with E-state index in [-0.39, 0.29) is 5.91 Å². The van der Waals surface area contributed by atoms with Crippen molar-refractivity contribution in [2.75, 3.05) is 18.5 Å². The Hall–Kier alpha value is -2.80. The average Bonchev–Trinajstić information content (AvgIpc) is 3.32. The number of para-hydroxylation sites is 1. The van der Waals surface area contributed by atoms with Gasteiger partial charge in [-0.15, -0.1) is 0 Å². The monoisotopic (exact) mass is 439 g/mol. The van der Waals surface area contributed by atoms with E-state index in [1.807, 2.05) is 41.1 Å². The maximum Gasteiger partial charge on any atom is 0.276 e. The molecule has 1 amide bonds. The largest absolute Gasteiger partial charge is 0.486 e. The zero-order valence-electron chi connectivity index (χ0n) is 15.1. The molecule has 2 aliphatic rings. The van der Waals surface area contributed by atoms with Crippen LogP contribution < -0.4 is 14.8 Å². The van der Waals surface area contributed by atoms with Crippen LogP contribution in [-0.2, 0) is 12.8 Å². The second-order valence-electron chi connectivity index (χ2n) is 6.80. The Kier molecular flexibility index (Phi) is 4.31. The second kappa shape index (κ2) is 6.98. The minimum Gasteiger partial charge on any atom is -0.486 e. The Morgan fingerprint density at radius 2 is 1.82 bits per heavy atom. The molecule has 1 aromatic heterocycles. The molecule has 28 heavy (non-hydrogen) atoms. The number of hydrogen-bond donors (Lipinski definition) is 1. The molecule has 1 aliphatic carbocycles. The lowest BCUT2D eigenvalue weighted by Gasteiger charge is -2.20. The van der Waals surface area contributed by atoms with Crippen LogP contribution in [0.15, 0.2) is 46.9 Å². The normalized spacial score (nSPS) is 14.6. The number of fused-ring (bicyclic) bond motifs is 2. The first-order chi connectivity index (χ1) is 13.7. The van der Waals surface area contributed by atoms with Crippen LogP contribution >= 0.6 is 15.9 Å². The third kappa shape index (κ3) is 2.96. The van der Waals surface area contributed by atoms with Gasteiger partial charge in [0.15, 0.2) is 17.2 Å². The Bertz CT molecular complexity index is 1060. The van der Waals surface area contributed by atoms with Gasteiger partial charge in [0.25, 0.3) is 5.91 Å². The molecular formula is C21H18BrN3O3. The number of halogens is 1. The third-order valence-electron chi connectivity index (χ3n) is 5.03. The van der Waals surface area contributed by atoms with Crippen molar-refractivity contribution in [2.45, 2.75) is 19.3 Å². The number of benzene rings is 2. The van der Waals surface area contributed by atoms with Crippen LogP contribution in [0.1, 0.15) is 28.2 Å². The van der Waals surface area contributed by atoms with Crippen LogP contribution in [-0.4, -0.2) is 28.9 Å². The predicted octanol–water partition coefficient (Wildman–Crippen LogP) is 4.15. The summed E-state index contributed by atoms with van der Waals surface area (Å²) in [7, 11) is 0. The molecule has 5 rings (SSSR count). The number of rotatable bonds is 3. The number of amides is 1. The SMILES string of the molecule is O=C(Nc1cc2c(cc1Br)OCCO2)c1nn(-c2ccccc2)c2c1CCC2. The van der Waals surface area contributed by atoms with Gasteiger partial charge in [-0.25, -0.2) is 4.68 Å². The molecule has 0 fully saturated rings. The number of ether oxygens (including phenoxy) is 2. The summed E-state index contributed by atoms with van der Waals surface area (Å²) in [4.78, 5) is 13.1. The highest BCUT2D eigenvalue weighted by Crippen LogP contribution is 2.38. The van der Waals surface area contributed by atoms with Crippen LogP contribution in [0.5, 0.6) is 11.5 Å². The highest BCUT2D eigenvalue weighted by Gasteiger charge is 2.27. The van der Waals surface area contributed by atoms with E-state index < -0.39 is 0 Å². The van der Waals surface area contributed by atoms with Crippen molar-refractivity contribution in [3.8, 4) is 17.2 Å². The molecule has 3 aromatic rings. The summed E-state index contributed by atoms with van der Waals surface area (Å²) < 4.78 is 13.8. The summed E-state index contributed by atoms with van der Waals surface area (Å²) in [6, 6.07) is 13.5. The van der Waals surface area contributed by atoms with Crippen molar-refractivity contribution in [1.29, 1.82) is 0 Å². The van der Waals surface area contributed by atoms with Gasteiger partial charge in [-0.05, 0) is 47.3 Å². The van der Waals surface area contributed by atoms with Crippen molar-refractivity contribution in [3.05, 3.63) is 63.9 Å². The van der Waals surface area contributed by atoms with Gasteiger partial charge in [0.05, 0.1) is 11.4 Å². The molecule has 2 aromatic carbocycles. The quantitative estimate of drug-likeness (QED) is 0.665. The number of nitrogens with one attached hydrogen (secondary N) is 1. The molecular weight excluding hydrogens is 422 g/mol. The molecule has 0 atom stereocenters. The van der Waals surface area contributed by atoms with Crippen molar-refractivity contribution >= 4 is 27.5 Å². The number of aromatic nitrogens is 2. The smallest absolute Gasteiger partial charge is 0.276 e. The van der Waals surface area contributed by atoms with Gasteiger partial charge in [-0.3, -0.25) is 4.79 Å². The van der Waals surface area contributed by atoms with Crippen LogP contribution in [0, 0.1) is 0 Å². The van der Waals surface area contributed by atoms with Crippen molar-refractivity contribution in [3.63, 3.8) is 0 Å². The molecule has 1 N–H and O–H groups in total. The van der Waals surface area contributed by atoms with E-state index in [2.05, 4.69) is 26.3 Å². The fraction of sp³-hybridized carbons (Fsp3) is 0.238. The van der Waals surface area contributed by atoms with E-state index in [1.54, 1.807) is 6.07 Å². The first-order valence-electron chi connectivity index (χ1n) is 9.27. The van der Waals surface area contributed by atoms with Crippen LogP contribution in [0.4, 0.5) is 5.69 Å². The molecule has 0 spiro atoms. The topological polar surface area (TPSA) is 65.4 Å². The van der Waals surface area contributed by atoms with E-state index in [9.17, 15) is 4.79 Å². The first-order valence-corrected chi connectivity index (χ1v) is 10.1. The molecule has 7 heteroatoms. The van der Waals surface area contributed by atoms with Gasteiger partial charge in [0.1, 0.15) is 13.2 Å². The van der Waals surface area contributed by atoms with Crippen LogP contribution in [0.2, 0.25) is 0 Å². The second-order valence-corrected chi connectivity index (χ2v) is 7.66. The van der Waals surface area contributed by atoms with Gasteiger partial charge in [0, 0.05) is 27.9 Å². The summed E-state index contributed by atoms with van der Waals surface area (Å²) in [6.45, 7) is 1.02. The summed E-state index contributed by atoms with van der Waals surface area (Å²) >= 11 is 3.50. The summed E-state index contributed by atoms with van der Waals surface area (Å²) in [5.41, 5.74) is 4.25. The summed E-state index contributed by atoms with van der Waals surface area (Å²) in [6.07, 6.45) is 2.83. The Morgan fingerprint density at radius 1 is 1.07 bits per heavy atom. The molecule has 2 heterocycles. The molecule has 0 radical (unpaired) electrons. The van der Waals surface area contributed by atoms with Gasteiger partial charge in [-0.2, -0.15) is 5.10 Å². The van der Waals surface area contributed by atoms with Crippen molar-refractivity contribution in [2.24, 2.45) is 0 Å². The molecule has 0 saturated carbocycles. The third-order valence-corrected chi connectivity index (χ3v) is 5.68. The minimum atomic E-state index is -0.217. The molecule has 1 aliphatic heterocycles. The molecule has 0 unspecified atom stereocenters. The lowest BCUT2D eigenvalue weighted by Crippen LogP contribution is -2.18. The lowest BCUT2D eigenvalue weighted by atomic mass is 10.2. The number of carbonyl (C=O) groups excluding carboxylic acids is 1. The molecule has 0 saturated heterocycles. The predicted molar refractivity (Wildman–Crippen MR) is 109 cm³/mol. The van der Waals surface area contributed by atoms with Crippen molar-refractivity contribution < 1.29 is 14.3 Å². The van der Waals surface area contributed by atoms with Gasteiger partial charge in [-0.1, -0.05) is 18.2 Å². The maximum atomic E-state index is 13.1. The number of nitrogens with zero attached hydrogens (tertiary/aromatic N) is 2. The maximum absolute atomic E-state index is 13.1. The Morgan fingerprint density at radius 3 is 2.61 bits per heavy atom. The van der Waals surface area contributed by atoms with Crippen molar-refractivity contribution in [1.82, 2.24) is 9.78 Å². The highest BCUT2D eigenvalue weighted by molar-refractivity contribution is 9.10. The van der Waals surface area contributed by atoms with E-state index in [4.69, 9.17) is 9.47 Å². The number of carbonyl (C=O) groups is 1. The number of hydrogen-bond acceptors (Lipinski definition) is 4. The molecule has 0 bridgehead atoms. The zero-order valence-corrected chi connectivity index (χ0v) is 16.7. The summed E-state index contributed by atoms with van der Waals surface area (Å²) in [5.74, 6) is 1.08. The van der Waals surface area contributed by atoms with E-state index >= 15 is 0 Å². The standard InChI is InChI=1S/C21H18BrN3O3/c22-15-11-18-19(28-10-9-27-18)12-16(15)23-21(26)20-14-7-4-8-17(14)25(24-20)13-5-2-1-3-6-13/h1-3,5-6,11-12H,4,7-10H2,(H,23,26). The van der Waals surface area contributed by atoms with E-state index in [1.165, 1.54) is 0 Å². The Balaban J connectivity index is 1.48. The lowest BCUT2D eigenvalue weighted by molar-refractivity contribution is 0.102. The average molecular weight is 440 g/mol. The van der Waals surface area contributed by atoms with Crippen LogP contribution in [0.3, 0.4) is 0 Å². The highest BCUT2D eigenvalue weighted by atomic mass is 79.9.